The van der Waals surface area contributed by atoms with Gasteiger partial charge in [0.2, 0.25) is 0 Å². The second-order valence-electron chi connectivity index (χ2n) is 16.7. The van der Waals surface area contributed by atoms with Crippen LogP contribution in [-0.4, -0.2) is 136 Å². The maximum absolute atomic E-state index is 14.2. The zero-order chi connectivity index (χ0) is 38.1. The molecule has 4 saturated heterocycles. The molecule has 0 aromatic carbocycles. The highest BCUT2D eigenvalue weighted by atomic mass is 16.7. The van der Waals surface area contributed by atoms with Gasteiger partial charge in [-0.05, 0) is 86.1 Å². The van der Waals surface area contributed by atoms with Crippen LogP contribution in [0.4, 0.5) is 0 Å². The van der Waals surface area contributed by atoms with E-state index in [1.807, 2.05) is 27.7 Å². The Morgan fingerprint density at radius 2 is 1.67 bits per heavy atom. The molecule has 298 valence electrons. The highest BCUT2D eigenvalue weighted by Gasteiger charge is 2.61. The molecular formula is C38H70N2O11. The first kappa shape index (κ1) is 42.8. The third kappa shape index (κ3) is 9.12. The van der Waals surface area contributed by atoms with E-state index in [1.165, 1.54) is 6.92 Å². The molecule has 4 aliphatic heterocycles. The molecule has 0 spiro atoms. The van der Waals surface area contributed by atoms with E-state index in [2.05, 4.69) is 17.1 Å². The van der Waals surface area contributed by atoms with Crippen LogP contribution in [0.2, 0.25) is 0 Å². The summed E-state index contributed by atoms with van der Waals surface area (Å²) in [4.78, 5) is 16.5. The zero-order valence-corrected chi connectivity index (χ0v) is 33.0. The molecule has 4 rings (SSSR count). The smallest absolute Gasteiger partial charge is 0.311 e. The number of carbonyl (C=O) groups is 1. The summed E-state index contributed by atoms with van der Waals surface area (Å²) in [5.41, 5.74) is -3.83. The Bertz CT molecular complexity index is 1130. The van der Waals surface area contributed by atoms with Crippen LogP contribution in [0.15, 0.2) is 0 Å². The predicted molar refractivity (Wildman–Crippen MR) is 190 cm³/mol. The van der Waals surface area contributed by atoms with Crippen molar-refractivity contribution in [3.63, 3.8) is 0 Å². The molecule has 13 heteroatoms. The lowest BCUT2D eigenvalue weighted by Crippen LogP contribution is -2.74. The monoisotopic (exact) mass is 730 g/mol. The van der Waals surface area contributed by atoms with Gasteiger partial charge in [0.05, 0.1) is 35.9 Å². The second kappa shape index (κ2) is 17.2. The number of hydrogen-bond acceptors (Lipinski definition) is 13. The number of hydrogen-bond donors (Lipinski definition) is 5. The van der Waals surface area contributed by atoms with E-state index < -0.39 is 83.9 Å². The first-order chi connectivity index (χ1) is 23.8. The fourth-order valence-electron chi connectivity index (χ4n) is 9.23. The van der Waals surface area contributed by atoms with Crippen LogP contribution < -0.4 is 5.32 Å². The fraction of sp³-hybridized carbons (Fsp3) is 0.974. The standard InChI is InChI=1S/C38H70N2O11/c1-12-16-40-20-27-26(8)48-30(18-38(27,40)46-11)50-31-23(5)33(51-35-28(41)15-14-22(4)47-35)36(9,44)17-21(3)19-39-25(7)32(42)37(10,45)29(13-2)49-34(43)24(31)6/h21-33,35,39,41-42,44-45H,12-20H2,1-11H3/t21-,22-,23+,24-,25-,26+,27?,28-,29-,30+,31+,32-,33-,35+,36-,37-,38-/m1/s1. The summed E-state index contributed by atoms with van der Waals surface area (Å²) < 4.78 is 38.4. The number of carbonyl (C=O) groups excluding carboxylic acids is 1. The Hall–Kier alpha value is -0.970. The Kier molecular flexibility index (Phi) is 14.4. The number of cyclic esters (lactones) is 1. The molecule has 0 bridgehead atoms. The average Bonchev–Trinajstić information content (AvgIpc) is 3.06. The van der Waals surface area contributed by atoms with Crippen LogP contribution in [0.1, 0.15) is 108 Å². The molecule has 4 heterocycles. The minimum atomic E-state index is -1.76. The molecule has 0 saturated carbocycles. The normalized spacial score (nSPS) is 49.6. The fourth-order valence-corrected chi connectivity index (χ4v) is 9.23. The largest absolute Gasteiger partial charge is 0.459 e. The quantitative estimate of drug-likeness (QED) is 0.232. The molecule has 17 atom stereocenters. The maximum Gasteiger partial charge on any atom is 0.311 e. The van der Waals surface area contributed by atoms with Crippen molar-refractivity contribution in [3.05, 3.63) is 0 Å². The van der Waals surface area contributed by atoms with Gasteiger partial charge >= 0.3 is 5.97 Å². The van der Waals surface area contributed by atoms with Gasteiger partial charge in [0.1, 0.15) is 29.6 Å². The van der Waals surface area contributed by atoms with Gasteiger partial charge in [0.25, 0.3) is 0 Å². The molecule has 0 aromatic rings. The first-order valence-electron chi connectivity index (χ1n) is 19.5. The molecule has 0 radical (unpaired) electrons. The maximum atomic E-state index is 14.2. The number of nitrogens with one attached hydrogen (secondary N) is 1. The van der Waals surface area contributed by atoms with Gasteiger partial charge in [-0.2, -0.15) is 0 Å². The molecule has 1 unspecified atom stereocenters. The Morgan fingerprint density at radius 3 is 2.29 bits per heavy atom. The Morgan fingerprint density at radius 1 is 0.980 bits per heavy atom. The molecule has 13 nitrogen and oxygen atoms in total. The van der Waals surface area contributed by atoms with Crippen molar-refractivity contribution in [2.45, 2.75) is 186 Å². The number of aliphatic hydroxyl groups is 4. The predicted octanol–water partition coefficient (Wildman–Crippen LogP) is 2.94. The van der Waals surface area contributed by atoms with Gasteiger partial charge in [-0.15, -0.1) is 0 Å². The van der Waals surface area contributed by atoms with Crippen LogP contribution in [0, 0.1) is 23.7 Å². The molecule has 0 amide bonds. The topological polar surface area (TPSA) is 169 Å². The van der Waals surface area contributed by atoms with E-state index >= 15 is 0 Å². The summed E-state index contributed by atoms with van der Waals surface area (Å²) in [6.45, 7) is 20.6. The number of methoxy groups -OCH3 is 1. The lowest BCUT2D eigenvalue weighted by Gasteiger charge is -2.63. The summed E-state index contributed by atoms with van der Waals surface area (Å²) >= 11 is 0. The highest BCUT2D eigenvalue weighted by molar-refractivity contribution is 5.73. The minimum Gasteiger partial charge on any atom is -0.459 e. The summed E-state index contributed by atoms with van der Waals surface area (Å²) in [6.07, 6.45) is -4.10. The molecule has 0 aliphatic carbocycles. The third-order valence-corrected chi connectivity index (χ3v) is 12.3. The van der Waals surface area contributed by atoms with Crippen molar-refractivity contribution in [1.82, 2.24) is 10.2 Å². The summed E-state index contributed by atoms with van der Waals surface area (Å²) in [5.74, 6) is -2.17. The van der Waals surface area contributed by atoms with E-state index in [-0.39, 0.29) is 36.9 Å². The van der Waals surface area contributed by atoms with Crippen LogP contribution in [0.25, 0.3) is 0 Å². The third-order valence-electron chi connectivity index (χ3n) is 12.3. The molecule has 0 aromatic heterocycles. The van der Waals surface area contributed by atoms with Gasteiger partial charge in [-0.25, -0.2) is 0 Å². The zero-order valence-electron chi connectivity index (χ0n) is 33.0. The summed E-state index contributed by atoms with van der Waals surface area (Å²) in [6, 6.07) is -0.557. The Labute approximate surface area is 306 Å². The number of esters is 1. The van der Waals surface area contributed by atoms with E-state index in [0.29, 0.717) is 25.8 Å². The molecule has 5 N–H and O–H groups in total. The van der Waals surface area contributed by atoms with Crippen molar-refractivity contribution >= 4 is 5.97 Å². The van der Waals surface area contributed by atoms with Crippen molar-refractivity contribution < 1.29 is 53.6 Å². The lowest BCUT2D eigenvalue weighted by molar-refractivity contribution is -0.363. The number of fused-ring (bicyclic) bond motifs is 1. The van der Waals surface area contributed by atoms with E-state index in [0.717, 1.165) is 19.5 Å². The van der Waals surface area contributed by atoms with Gasteiger partial charge in [0.15, 0.2) is 12.6 Å². The van der Waals surface area contributed by atoms with Gasteiger partial charge in [0, 0.05) is 44.5 Å². The van der Waals surface area contributed by atoms with E-state index in [9.17, 15) is 25.2 Å². The number of nitrogens with zero attached hydrogens (tertiary/aromatic N) is 1. The van der Waals surface area contributed by atoms with Crippen LogP contribution in [0.3, 0.4) is 0 Å². The van der Waals surface area contributed by atoms with Crippen LogP contribution in [0.5, 0.6) is 0 Å². The van der Waals surface area contributed by atoms with E-state index in [1.54, 1.807) is 34.8 Å². The molecule has 51 heavy (non-hydrogen) atoms. The van der Waals surface area contributed by atoms with E-state index in [4.69, 9.17) is 28.4 Å². The number of ether oxygens (including phenoxy) is 6. The van der Waals surface area contributed by atoms with Crippen LogP contribution >= 0.6 is 0 Å². The first-order valence-corrected chi connectivity index (χ1v) is 19.5. The Balaban J connectivity index is 1.77. The molecular weight excluding hydrogens is 660 g/mol. The second-order valence-corrected chi connectivity index (χ2v) is 16.7. The van der Waals surface area contributed by atoms with Gasteiger partial charge < -0.3 is 54.2 Å². The van der Waals surface area contributed by atoms with Crippen molar-refractivity contribution in [2.24, 2.45) is 23.7 Å². The minimum absolute atomic E-state index is 0.111. The number of rotatable bonds is 8. The summed E-state index contributed by atoms with van der Waals surface area (Å²) in [7, 11) is 1.72. The molecule has 4 fully saturated rings. The van der Waals surface area contributed by atoms with Crippen molar-refractivity contribution in [1.29, 1.82) is 0 Å². The average molecular weight is 731 g/mol. The summed E-state index contributed by atoms with van der Waals surface area (Å²) in [5, 5.41) is 49.6. The van der Waals surface area contributed by atoms with Crippen LogP contribution in [-0.2, 0) is 33.2 Å². The van der Waals surface area contributed by atoms with Gasteiger partial charge in [-0.3, -0.25) is 9.69 Å². The SMILES string of the molecule is CCCN1CC2[C@H](C)O[C@@H](O[C@H]3[C@H](C)[C@@H](O[C@@H]4O[C@H](C)CC[C@H]4O)[C@](C)(O)C[C@@H](C)CN[C@H](C)[C@@H](O)[C@](C)(O)[C@@H](CC)OC(=O)[C@@H]3C)C[C@@]21OC. The molecule has 4 aliphatic rings. The van der Waals surface area contributed by atoms with Gasteiger partial charge in [-0.1, -0.05) is 27.7 Å². The number of aliphatic hydroxyl groups excluding tert-OH is 2. The van der Waals surface area contributed by atoms with Crippen molar-refractivity contribution in [2.75, 3.05) is 26.7 Å². The highest BCUT2D eigenvalue weighted by Crippen LogP contribution is 2.49. The van der Waals surface area contributed by atoms with Crippen molar-refractivity contribution in [3.8, 4) is 0 Å². The lowest BCUT2D eigenvalue weighted by atomic mass is 9.75. The number of likely N-dealkylation sites (tertiary alicyclic amines) is 1.